The molecule has 1 aromatic rings. The minimum atomic E-state index is -0.544. The van der Waals surface area contributed by atoms with E-state index in [9.17, 15) is 8.78 Å². The maximum absolute atomic E-state index is 13.5. The minimum Gasteiger partial charge on any atom is -0.370 e. The van der Waals surface area contributed by atoms with Crippen LogP contribution in [0.4, 0.5) is 14.5 Å². The zero-order valence-electron chi connectivity index (χ0n) is 12.6. The topological polar surface area (TPSA) is 53.6 Å². The maximum Gasteiger partial charge on any atom is 0.193 e. The molecule has 1 saturated carbocycles. The number of nitrogens with two attached hydrogens (primary N) is 1. The lowest BCUT2D eigenvalue weighted by atomic mass is 9.97. The predicted molar refractivity (Wildman–Crippen MR) is 83.8 cm³/mol. The van der Waals surface area contributed by atoms with Gasteiger partial charge in [0.1, 0.15) is 11.6 Å². The molecular weight excluding hydrogens is 286 g/mol. The van der Waals surface area contributed by atoms with Crippen LogP contribution >= 0.6 is 0 Å². The zero-order valence-corrected chi connectivity index (χ0v) is 12.6. The van der Waals surface area contributed by atoms with Crippen LogP contribution in [0.1, 0.15) is 25.7 Å². The van der Waals surface area contributed by atoms with Crippen LogP contribution in [0.25, 0.3) is 0 Å². The Morgan fingerprint density at radius 3 is 2.64 bits per heavy atom. The fraction of sp³-hybridized carbons (Fsp3) is 0.562. The Hall–Kier alpha value is -1.69. The Morgan fingerprint density at radius 2 is 1.95 bits per heavy atom. The maximum atomic E-state index is 13.5. The number of aliphatic imine (C=N–C) groups is 1. The highest BCUT2D eigenvalue weighted by Crippen LogP contribution is 2.30. The van der Waals surface area contributed by atoms with Crippen LogP contribution in [0.15, 0.2) is 23.2 Å². The van der Waals surface area contributed by atoms with Gasteiger partial charge in [-0.2, -0.15) is 0 Å². The number of nitrogens with zero attached hydrogens (tertiary/aromatic N) is 2. The fourth-order valence-corrected chi connectivity index (χ4v) is 2.94. The van der Waals surface area contributed by atoms with Crippen LogP contribution in [0.2, 0.25) is 0 Å². The summed E-state index contributed by atoms with van der Waals surface area (Å²) in [6.45, 7) is 2.90. The van der Waals surface area contributed by atoms with E-state index in [2.05, 4.69) is 15.2 Å². The number of hydrogen-bond acceptors (Lipinski definition) is 2. The van der Waals surface area contributed by atoms with E-state index in [1.165, 1.54) is 12.8 Å². The van der Waals surface area contributed by atoms with Gasteiger partial charge in [-0.3, -0.25) is 4.99 Å². The van der Waals surface area contributed by atoms with Gasteiger partial charge in [-0.15, -0.1) is 0 Å². The molecule has 0 bridgehead atoms. The number of piperidine rings is 1. The lowest BCUT2D eigenvalue weighted by Crippen LogP contribution is -2.36. The molecule has 0 unspecified atom stereocenters. The Kier molecular flexibility index (Phi) is 4.57. The number of likely N-dealkylation sites (tertiary alicyclic amines) is 1. The molecular formula is C16H22F2N4. The lowest BCUT2D eigenvalue weighted by molar-refractivity contribution is 0.179. The molecule has 120 valence electrons. The SMILES string of the molecule is NC(=NCC1CCN(C2CC2)CC1)Nc1cc(F)ccc1F. The third kappa shape index (κ3) is 3.94. The van der Waals surface area contributed by atoms with E-state index in [0.717, 1.165) is 50.2 Å². The van der Waals surface area contributed by atoms with Crippen LogP contribution in [0, 0.1) is 17.6 Å². The minimum absolute atomic E-state index is 0.0183. The van der Waals surface area contributed by atoms with Gasteiger partial charge < -0.3 is 16.0 Å². The molecule has 3 N–H and O–H groups in total. The van der Waals surface area contributed by atoms with Gasteiger partial charge in [0.2, 0.25) is 0 Å². The fourth-order valence-electron chi connectivity index (χ4n) is 2.94. The smallest absolute Gasteiger partial charge is 0.193 e. The third-order valence-corrected chi connectivity index (χ3v) is 4.42. The average Bonchev–Trinajstić information content (AvgIpc) is 3.34. The highest BCUT2D eigenvalue weighted by molar-refractivity contribution is 5.92. The number of hydrogen-bond donors (Lipinski definition) is 2. The van der Waals surface area contributed by atoms with E-state index in [0.29, 0.717) is 12.5 Å². The quantitative estimate of drug-likeness (QED) is 0.664. The van der Waals surface area contributed by atoms with Crippen LogP contribution in [-0.2, 0) is 0 Å². The second-order valence-corrected chi connectivity index (χ2v) is 6.19. The van der Waals surface area contributed by atoms with E-state index in [1.807, 2.05) is 0 Å². The number of guanidine groups is 1. The van der Waals surface area contributed by atoms with Crippen LogP contribution in [-0.4, -0.2) is 36.5 Å². The molecule has 1 aliphatic heterocycles. The highest BCUT2D eigenvalue weighted by atomic mass is 19.1. The van der Waals surface area contributed by atoms with E-state index in [4.69, 9.17) is 5.73 Å². The van der Waals surface area contributed by atoms with Crippen LogP contribution < -0.4 is 11.1 Å². The second-order valence-electron chi connectivity index (χ2n) is 6.19. The standard InChI is InChI=1S/C16H22F2N4/c17-12-1-4-14(18)15(9-12)21-16(19)20-10-11-5-7-22(8-6-11)13-2-3-13/h1,4,9,11,13H,2-3,5-8,10H2,(H3,19,20,21). The van der Waals surface area contributed by atoms with Crippen LogP contribution in [0.5, 0.6) is 0 Å². The van der Waals surface area contributed by atoms with Crippen molar-refractivity contribution >= 4 is 11.6 Å². The Labute approximate surface area is 129 Å². The van der Waals surface area contributed by atoms with Crippen molar-refractivity contribution in [3.05, 3.63) is 29.8 Å². The van der Waals surface area contributed by atoms with Crippen molar-refractivity contribution in [2.45, 2.75) is 31.7 Å². The largest absolute Gasteiger partial charge is 0.370 e. The van der Waals surface area contributed by atoms with Crippen molar-refractivity contribution in [3.8, 4) is 0 Å². The van der Waals surface area contributed by atoms with Crippen molar-refractivity contribution in [3.63, 3.8) is 0 Å². The van der Waals surface area contributed by atoms with Gasteiger partial charge >= 0.3 is 0 Å². The van der Waals surface area contributed by atoms with E-state index >= 15 is 0 Å². The number of nitrogens with one attached hydrogen (secondary N) is 1. The molecule has 0 atom stereocenters. The first-order valence-electron chi connectivity index (χ1n) is 7.88. The number of benzene rings is 1. The number of anilines is 1. The molecule has 0 aromatic heterocycles. The van der Waals surface area contributed by atoms with Gasteiger partial charge in [0, 0.05) is 18.7 Å². The summed E-state index contributed by atoms with van der Waals surface area (Å²) in [6.07, 6.45) is 4.95. The van der Waals surface area contributed by atoms with E-state index in [-0.39, 0.29) is 11.6 Å². The van der Waals surface area contributed by atoms with E-state index < -0.39 is 11.6 Å². The summed E-state index contributed by atoms with van der Waals surface area (Å²) < 4.78 is 26.6. The molecule has 1 aliphatic carbocycles. The van der Waals surface area contributed by atoms with Crippen molar-refractivity contribution in [2.24, 2.45) is 16.6 Å². The molecule has 2 fully saturated rings. The molecule has 2 aliphatic rings. The Balaban J connectivity index is 1.48. The molecule has 0 amide bonds. The summed E-state index contributed by atoms with van der Waals surface area (Å²) in [7, 11) is 0. The molecule has 3 rings (SSSR count). The first-order chi connectivity index (χ1) is 10.6. The molecule has 4 nitrogen and oxygen atoms in total. The summed E-state index contributed by atoms with van der Waals surface area (Å²) in [5.74, 6) is -0.400. The molecule has 22 heavy (non-hydrogen) atoms. The third-order valence-electron chi connectivity index (χ3n) is 4.42. The summed E-state index contributed by atoms with van der Waals surface area (Å²) in [6, 6.07) is 4.04. The van der Waals surface area contributed by atoms with Gasteiger partial charge in [0.05, 0.1) is 5.69 Å². The number of rotatable bonds is 4. The molecule has 1 aromatic carbocycles. The Morgan fingerprint density at radius 1 is 1.23 bits per heavy atom. The molecule has 0 spiro atoms. The van der Waals surface area contributed by atoms with Crippen LogP contribution in [0.3, 0.4) is 0 Å². The summed E-state index contributed by atoms with van der Waals surface area (Å²) in [4.78, 5) is 6.83. The lowest BCUT2D eigenvalue weighted by Gasteiger charge is -2.31. The molecule has 0 radical (unpaired) electrons. The first kappa shape index (κ1) is 15.2. The predicted octanol–water partition coefficient (Wildman–Crippen LogP) is 2.57. The zero-order chi connectivity index (χ0) is 15.5. The van der Waals surface area contributed by atoms with Gasteiger partial charge in [-0.1, -0.05) is 0 Å². The number of halogens is 2. The van der Waals surface area contributed by atoms with Crippen molar-refractivity contribution in [1.82, 2.24) is 4.90 Å². The van der Waals surface area contributed by atoms with E-state index in [1.54, 1.807) is 0 Å². The summed E-state index contributed by atoms with van der Waals surface area (Å²) in [5.41, 5.74) is 5.79. The molecule has 1 saturated heterocycles. The average molecular weight is 308 g/mol. The van der Waals surface area contributed by atoms with Gasteiger partial charge in [-0.05, 0) is 56.8 Å². The summed E-state index contributed by atoms with van der Waals surface area (Å²) in [5, 5.41) is 2.63. The summed E-state index contributed by atoms with van der Waals surface area (Å²) >= 11 is 0. The van der Waals surface area contributed by atoms with Gasteiger partial charge in [0.25, 0.3) is 0 Å². The normalized spacial score (nSPS) is 21.1. The monoisotopic (exact) mass is 308 g/mol. The van der Waals surface area contributed by atoms with Crippen molar-refractivity contribution < 1.29 is 8.78 Å². The second kappa shape index (κ2) is 6.60. The van der Waals surface area contributed by atoms with Gasteiger partial charge in [0.15, 0.2) is 5.96 Å². The van der Waals surface area contributed by atoms with Crippen molar-refractivity contribution in [2.75, 3.05) is 25.0 Å². The first-order valence-corrected chi connectivity index (χ1v) is 7.88. The van der Waals surface area contributed by atoms with Gasteiger partial charge in [-0.25, -0.2) is 8.78 Å². The molecule has 1 heterocycles. The molecule has 6 heteroatoms. The Bertz CT molecular complexity index is 549. The van der Waals surface area contributed by atoms with Crippen molar-refractivity contribution in [1.29, 1.82) is 0 Å². The highest BCUT2D eigenvalue weighted by Gasteiger charge is 2.31.